The second-order valence-corrected chi connectivity index (χ2v) is 31.9. The summed E-state index contributed by atoms with van der Waals surface area (Å²) in [5.74, 6) is 4.44. The number of carbonyl (C=O) groups excluding carboxylic acids is 4. The molecule has 13 aromatic carbocycles. The third-order valence-corrected chi connectivity index (χ3v) is 23.3. The van der Waals surface area contributed by atoms with Crippen molar-refractivity contribution in [2.75, 3.05) is 62.7 Å². The number of rotatable bonds is 26. The van der Waals surface area contributed by atoms with Gasteiger partial charge < -0.3 is 37.9 Å². The molecular formula is C104H102N2O12. The van der Waals surface area contributed by atoms with Crippen molar-refractivity contribution in [2.45, 2.75) is 158 Å². The first-order valence-corrected chi connectivity index (χ1v) is 42.8. The van der Waals surface area contributed by atoms with E-state index < -0.39 is 23.6 Å². The SMILES string of the molecule is CCCOc1c2cccc1Cc1cccc(c1OCCC)Cc1cc(N3C(=O)c4ccc5c6ccc7c8c(ccc(c9ccc(c4c59)C3=O)c86)C(=O)N(c3cc4c(OCCC)c(c3)Cc3cccc(c3OCCC)Cc3cccc(c3OCCC)Cc3cccc(c3OCCC)C4)C7=O)cc(c1OCCC)Cc1cccc(c1OCCC)C2. The van der Waals surface area contributed by atoms with Crippen LogP contribution in [-0.4, -0.2) is 76.5 Å². The van der Waals surface area contributed by atoms with Crippen LogP contribution in [-0.2, 0) is 51.4 Å². The maximum atomic E-state index is 16.1. The molecule has 0 saturated carbocycles. The van der Waals surface area contributed by atoms with Crippen molar-refractivity contribution in [3.8, 4) is 46.0 Å². The Hall–Kier alpha value is -12.2. The Morgan fingerprint density at radius 2 is 0.373 bits per heavy atom. The molecular weight excluding hydrogens is 1470 g/mol. The first kappa shape index (κ1) is 78.4. The molecule has 600 valence electrons. The van der Waals surface area contributed by atoms with E-state index in [9.17, 15) is 0 Å². The molecule has 0 aromatic heterocycles. The highest BCUT2D eigenvalue weighted by Gasteiger charge is 2.40. The highest BCUT2D eigenvalue weighted by molar-refractivity contribution is 6.45. The normalized spacial score (nSPS) is 13.7. The number of hydrogen-bond acceptors (Lipinski definition) is 12. The molecule has 0 N–H and O–H groups in total. The first-order valence-electron chi connectivity index (χ1n) is 42.8. The van der Waals surface area contributed by atoms with E-state index in [0.29, 0.717) is 160 Å². The predicted molar refractivity (Wildman–Crippen MR) is 470 cm³/mol. The summed E-state index contributed by atoms with van der Waals surface area (Å²) < 4.78 is 54.8. The fraction of sp³-hybridized carbons (Fsp3) is 0.308. The summed E-state index contributed by atoms with van der Waals surface area (Å²) in [6, 6.07) is 61.4. The molecule has 0 radical (unpaired) electrons. The highest BCUT2D eigenvalue weighted by atomic mass is 16.5. The standard InChI is InChI=1S/C104H102N2O12/c1-9-43-111-93-63-23-17-24-64(93)52-68-28-20-32-72(96(68)114-46-12-4)56-76-60-79(59-75(99(76)117-49-15-7)55-71-31-19-27-67(51-63)95(71)113-45-11-3)105-101(107)85-39-35-81-83-37-41-87-92-88(42-38-84(90(83)92)82-36-40-86(102(105)108)91(85)89(81)82)104(110)106(103(87)109)80-61-77-57-73-33-21-29-69(97(73)115-47-13-5)53-65-25-18-26-66(94(65)112-44-10-2)54-70-30-22-34-74(98(70)116-48-14-6)58-78(62-80)100(77)118-50-16-8/h17-42,59-62H,9-16,43-58H2,1-8H3. The van der Waals surface area contributed by atoms with Crippen LogP contribution in [0.5, 0.6) is 46.0 Å². The van der Waals surface area contributed by atoms with Gasteiger partial charge in [0.25, 0.3) is 23.6 Å². The minimum atomic E-state index is -0.462. The number of nitrogens with zero attached hydrogens (tertiary/aromatic N) is 2. The summed E-state index contributed by atoms with van der Waals surface area (Å²) in [7, 11) is 0. The zero-order valence-corrected chi connectivity index (χ0v) is 69.1. The average molecular weight is 1570 g/mol. The topological polar surface area (TPSA) is 149 Å². The Kier molecular flexibility index (Phi) is 22.7. The van der Waals surface area contributed by atoms with Crippen molar-refractivity contribution in [3.05, 3.63) is 293 Å². The number of imide groups is 2. The Balaban J connectivity index is 0.781. The molecule has 0 saturated heterocycles. The second-order valence-electron chi connectivity index (χ2n) is 31.9. The van der Waals surface area contributed by atoms with Gasteiger partial charge in [-0.05, 0) is 199 Å². The maximum absolute atomic E-state index is 16.1. The molecule has 0 spiro atoms. The molecule has 2 heterocycles. The molecule has 0 atom stereocenters. The highest BCUT2D eigenvalue weighted by Crippen LogP contribution is 2.51. The molecule has 4 aliphatic rings. The van der Waals surface area contributed by atoms with Crippen LogP contribution in [0.2, 0.25) is 0 Å². The van der Waals surface area contributed by atoms with Crippen LogP contribution in [0.25, 0.3) is 43.1 Å². The number of para-hydroxylation sites is 6. The van der Waals surface area contributed by atoms with Gasteiger partial charge >= 0.3 is 0 Å². The van der Waals surface area contributed by atoms with E-state index in [4.69, 9.17) is 37.9 Å². The number of amides is 4. The fourth-order valence-electron chi connectivity index (χ4n) is 18.2. The molecule has 13 aromatic rings. The van der Waals surface area contributed by atoms with Crippen molar-refractivity contribution >= 4 is 78.1 Å². The van der Waals surface area contributed by atoms with E-state index >= 15 is 19.2 Å². The Labute approximate surface area is 691 Å². The quantitative estimate of drug-likeness (QED) is 0.0289. The van der Waals surface area contributed by atoms with E-state index in [-0.39, 0.29) is 0 Å². The van der Waals surface area contributed by atoms with Gasteiger partial charge in [-0.15, -0.1) is 0 Å². The molecule has 2 aliphatic heterocycles. The fourth-order valence-corrected chi connectivity index (χ4v) is 18.2. The van der Waals surface area contributed by atoms with Crippen molar-refractivity contribution in [1.82, 2.24) is 0 Å². The molecule has 0 unspecified atom stereocenters. The number of benzene rings is 13. The lowest BCUT2D eigenvalue weighted by atomic mass is 9.82. The molecule has 2 aliphatic carbocycles. The minimum Gasteiger partial charge on any atom is -0.493 e. The van der Waals surface area contributed by atoms with Crippen molar-refractivity contribution in [3.63, 3.8) is 0 Å². The molecule has 17 rings (SSSR count). The summed E-state index contributed by atoms with van der Waals surface area (Å²) >= 11 is 0. The Morgan fingerprint density at radius 1 is 0.212 bits per heavy atom. The van der Waals surface area contributed by atoms with E-state index in [2.05, 4.69) is 165 Å². The van der Waals surface area contributed by atoms with Gasteiger partial charge in [-0.2, -0.15) is 0 Å². The molecule has 0 fully saturated rings. The lowest BCUT2D eigenvalue weighted by Crippen LogP contribution is -2.40. The van der Waals surface area contributed by atoms with E-state index in [1.807, 2.05) is 72.8 Å². The van der Waals surface area contributed by atoms with E-state index in [0.717, 1.165) is 207 Å². The number of anilines is 2. The third-order valence-electron chi connectivity index (χ3n) is 23.3. The van der Waals surface area contributed by atoms with E-state index in [1.165, 1.54) is 9.80 Å². The van der Waals surface area contributed by atoms with Gasteiger partial charge in [0.05, 0.1) is 64.2 Å². The zero-order valence-electron chi connectivity index (χ0n) is 69.1. The van der Waals surface area contributed by atoms with Crippen LogP contribution < -0.4 is 47.7 Å². The largest absolute Gasteiger partial charge is 0.493 e. The van der Waals surface area contributed by atoms with Gasteiger partial charge in [0.2, 0.25) is 0 Å². The lowest BCUT2D eigenvalue weighted by Gasteiger charge is -2.31. The van der Waals surface area contributed by atoms with Crippen LogP contribution in [0.3, 0.4) is 0 Å². The predicted octanol–water partition coefficient (Wildman–Crippen LogP) is 23.0. The third kappa shape index (κ3) is 14.4. The molecule has 16 bridgehead atoms. The van der Waals surface area contributed by atoms with Crippen LogP contribution in [0.15, 0.2) is 182 Å². The summed E-state index contributed by atoms with van der Waals surface area (Å²) in [5.41, 5.74) is 17.6. The van der Waals surface area contributed by atoms with Gasteiger partial charge in [0.15, 0.2) is 0 Å². The number of fused-ring (bicyclic) bond motifs is 18. The summed E-state index contributed by atoms with van der Waals surface area (Å²) in [6.07, 6.45) is 10.0. The van der Waals surface area contributed by atoms with Crippen LogP contribution in [0, 0.1) is 0 Å². The monoisotopic (exact) mass is 1570 g/mol. The minimum absolute atomic E-state index is 0.359. The number of carbonyl (C=O) groups is 4. The lowest BCUT2D eigenvalue weighted by molar-refractivity contribution is 0.0877. The number of hydrogen-bond donors (Lipinski definition) is 0. The molecule has 4 amide bonds. The summed E-state index contributed by atoms with van der Waals surface area (Å²) in [4.78, 5) is 67.1. The zero-order chi connectivity index (χ0) is 81.2. The molecule has 118 heavy (non-hydrogen) atoms. The van der Waals surface area contributed by atoms with Gasteiger partial charge in [0, 0.05) is 107 Å². The van der Waals surface area contributed by atoms with Gasteiger partial charge in [0.1, 0.15) is 46.0 Å². The number of ether oxygens (including phenoxy) is 8. The second kappa shape index (κ2) is 34.2. The van der Waals surface area contributed by atoms with Gasteiger partial charge in [-0.1, -0.05) is 189 Å². The van der Waals surface area contributed by atoms with Gasteiger partial charge in [-0.3, -0.25) is 19.2 Å². The first-order chi connectivity index (χ1) is 57.9. The Morgan fingerprint density at radius 3 is 0.542 bits per heavy atom. The van der Waals surface area contributed by atoms with Crippen molar-refractivity contribution in [2.24, 2.45) is 0 Å². The Bertz CT molecular complexity index is 5400. The molecule has 14 heteroatoms. The summed E-state index contributed by atoms with van der Waals surface area (Å²) in [6.45, 7) is 20.9. The molecule has 14 nitrogen and oxygen atoms in total. The van der Waals surface area contributed by atoms with Crippen molar-refractivity contribution < 1.29 is 57.1 Å². The summed E-state index contributed by atoms with van der Waals surface area (Å²) in [5, 5.41) is 5.74. The van der Waals surface area contributed by atoms with Crippen molar-refractivity contribution in [1.29, 1.82) is 0 Å². The van der Waals surface area contributed by atoms with E-state index in [1.54, 1.807) is 0 Å². The van der Waals surface area contributed by atoms with Gasteiger partial charge in [-0.25, -0.2) is 9.80 Å². The van der Waals surface area contributed by atoms with Crippen LogP contribution in [0.4, 0.5) is 11.4 Å². The smallest absolute Gasteiger partial charge is 0.265 e. The maximum Gasteiger partial charge on any atom is 0.265 e. The van der Waals surface area contributed by atoms with Crippen LogP contribution >= 0.6 is 0 Å². The van der Waals surface area contributed by atoms with Crippen LogP contribution in [0.1, 0.15) is 237 Å². The average Bonchev–Trinajstić information content (AvgIpc) is 0.687.